The van der Waals surface area contributed by atoms with E-state index in [1.807, 2.05) is 4.90 Å². The highest BCUT2D eigenvalue weighted by Gasteiger charge is 2.33. The number of piperidine rings is 1. The van der Waals surface area contributed by atoms with Gasteiger partial charge in [-0.1, -0.05) is 6.92 Å². The zero-order chi connectivity index (χ0) is 14.0. The van der Waals surface area contributed by atoms with Crippen LogP contribution in [0.5, 0.6) is 0 Å². The number of carboxylic acid groups (broad SMARTS) is 1. The number of carbonyl (C=O) groups is 2. The van der Waals surface area contributed by atoms with Gasteiger partial charge in [-0.3, -0.25) is 4.79 Å². The van der Waals surface area contributed by atoms with Gasteiger partial charge >= 0.3 is 12.0 Å². The normalized spacial score (nSPS) is 35.2. The number of likely N-dealkylation sites (tertiary alicyclic amines) is 1. The van der Waals surface area contributed by atoms with Gasteiger partial charge in [0.15, 0.2) is 0 Å². The molecule has 1 aliphatic heterocycles. The number of nitrogens with zero attached hydrogens (tertiary/aromatic N) is 1. The molecule has 0 spiro atoms. The number of nitrogens with one attached hydrogen (secondary N) is 1. The van der Waals surface area contributed by atoms with E-state index in [1.54, 1.807) is 0 Å². The van der Waals surface area contributed by atoms with Crippen LogP contribution in [0.25, 0.3) is 0 Å². The van der Waals surface area contributed by atoms with Crippen molar-refractivity contribution in [3.8, 4) is 0 Å². The molecule has 2 fully saturated rings. The summed E-state index contributed by atoms with van der Waals surface area (Å²) in [6.45, 7) is 5.12. The van der Waals surface area contributed by atoms with Crippen LogP contribution in [-0.4, -0.2) is 40.6 Å². The molecule has 5 nitrogen and oxygen atoms in total. The van der Waals surface area contributed by atoms with E-state index < -0.39 is 5.97 Å². The first kappa shape index (κ1) is 14.2. The molecule has 4 atom stereocenters. The fraction of sp³-hybridized carbons (Fsp3) is 0.857. The van der Waals surface area contributed by atoms with Gasteiger partial charge in [-0.05, 0) is 44.9 Å². The second-order valence-corrected chi connectivity index (χ2v) is 6.17. The summed E-state index contributed by atoms with van der Waals surface area (Å²) in [5, 5.41) is 12.0. The van der Waals surface area contributed by atoms with E-state index in [0.29, 0.717) is 18.8 Å². The van der Waals surface area contributed by atoms with Crippen LogP contribution in [0.4, 0.5) is 4.79 Å². The van der Waals surface area contributed by atoms with E-state index in [1.165, 1.54) is 0 Å². The van der Waals surface area contributed by atoms with Gasteiger partial charge in [-0.25, -0.2) is 4.79 Å². The first-order valence-electron chi connectivity index (χ1n) is 7.27. The van der Waals surface area contributed by atoms with Crippen molar-refractivity contribution < 1.29 is 14.7 Å². The first-order chi connectivity index (χ1) is 8.97. The molecule has 1 heterocycles. The van der Waals surface area contributed by atoms with E-state index in [9.17, 15) is 9.59 Å². The molecule has 0 aromatic heterocycles. The van der Waals surface area contributed by atoms with Gasteiger partial charge in [0.05, 0.1) is 5.92 Å². The molecule has 2 unspecified atom stereocenters. The van der Waals surface area contributed by atoms with Crippen LogP contribution in [-0.2, 0) is 4.79 Å². The number of amides is 2. The molecule has 2 amide bonds. The number of carboxylic acids is 1. The van der Waals surface area contributed by atoms with Gasteiger partial charge < -0.3 is 15.3 Å². The van der Waals surface area contributed by atoms with Gasteiger partial charge in [-0.15, -0.1) is 0 Å². The highest BCUT2D eigenvalue weighted by Crippen LogP contribution is 2.27. The third-order valence-electron chi connectivity index (χ3n) is 4.51. The van der Waals surface area contributed by atoms with Crippen molar-refractivity contribution >= 4 is 12.0 Å². The SMILES string of the molecule is CC1CCN(C(=O)N[C@H]2CC[C@@H](C(=O)O)C2)C(C)C1. The zero-order valence-corrected chi connectivity index (χ0v) is 11.8. The fourth-order valence-electron chi connectivity index (χ4n) is 3.30. The Hall–Kier alpha value is -1.26. The molecule has 5 heteroatoms. The van der Waals surface area contributed by atoms with Gasteiger partial charge in [0.1, 0.15) is 0 Å². The summed E-state index contributed by atoms with van der Waals surface area (Å²) in [5.74, 6) is -0.345. The Kier molecular flexibility index (Phi) is 4.32. The number of hydrogen-bond acceptors (Lipinski definition) is 2. The number of urea groups is 1. The molecular formula is C14H24N2O3. The maximum atomic E-state index is 12.2. The Morgan fingerprint density at radius 1 is 1.16 bits per heavy atom. The summed E-state index contributed by atoms with van der Waals surface area (Å²) in [4.78, 5) is 25.0. The quantitative estimate of drug-likeness (QED) is 0.805. The first-order valence-corrected chi connectivity index (χ1v) is 7.27. The van der Waals surface area contributed by atoms with E-state index in [4.69, 9.17) is 5.11 Å². The predicted octanol–water partition coefficient (Wildman–Crippen LogP) is 2.07. The highest BCUT2D eigenvalue weighted by molar-refractivity contribution is 5.75. The van der Waals surface area contributed by atoms with Crippen molar-refractivity contribution in [2.45, 2.75) is 58.0 Å². The third-order valence-corrected chi connectivity index (χ3v) is 4.51. The molecule has 108 valence electrons. The van der Waals surface area contributed by atoms with Crippen LogP contribution in [0, 0.1) is 11.8 Å². The maximum Gasteiger partial charge on any atom is 0.317 e. The van der Waals surface area contributed by atoms with Crippen molar-refractivity contribution in [1.29, 1.82) is 0 Å². The van der Waals surface area contributed by atoms with Crippen LogP contribution in [0.1, 0.15) is 46.0 Å². The van der Waals surface area contributed by atoms with Crippen LogP contribution in [0.15, 0.2) is 0 Å². The van der Waals surface area contributed by atoms with Crippen LogP contribution < -0.4 is 5.32 Å². The Balaban J connectivity index is 1.83. The third kappa shape index (κ3) is 3.39. The molecule has 2 N–H and O–H groups in total. The zero-order valence-electron chi connectivity index (χ0n) is 11.8. The van der Waals surface area contributed by atoms with Crippen LogP contribution >= 0.6 is 0 Å². The number of aliphatic carboxylic acids is 1. The topological polar surface area (TPSA) is 69.6 Å². The Bertz CT molecular complexity index is 359. The van der Waals surface area contributed by atoms with Crippen LogP contribution in [0.3, 0.4) is 0 Å². The standard InChI is InChI=1S/C14H24N2O3/c1-9-5-6-16(10(2)7-9)14(19)15-12-4-3-11(8-12)13(17)18/h9-12H,3-8H2,1-2H3,(H,15,19)(H,17,18)/t9?,10?,11-,12+/m1/s1. The van der Waals surface area contributed by atoms with Crippen molar-refractivity contribution in [1.82, 2.24) is 10.2 Å². The molecular weight excluding hydrogens is 244 g/mol. The smallest absolute Gasteiger partial charge is 0.317 e. The Morgan fingerprint density at radius 2 is 1.89 bits per heavy atom. The van der Waals surface area contributed by atoms with E-state index >= 15 is 0 Å². The number of hydrogen-bond donors (Lipinski definition) is 2. The Labute approximate surface area is 114 Å². The largest absolute Gasteiger partial charge is 0.481 e. The molecule has 0 radical (unpaired) electrons. The van der Waals surface area contributed by atoms with Gasteiger partial charge in [-0.2, -0.15) is 0 Å². The molecule has 0 aromatic carbocycles. The molecule has 1 aliphatic carbocycles. The summed E-state index contributed by atoms with van der Waals surface area (Å²) in [6.07, 6.45) is 4.13. The van der Waals surface area contributed by atoms with Crippen LogP contribution in [0.2, 0.25) is 0 Å². The minimum atomic E-state index is -0.739. The summed E-state index contributed by atoms with van der Waals surface area (Å²) in [6, 6.07) is 0.288. The van der Waals surface area contributed by atoms with E-state index in [0.717, 1.165) is 25.8 Å². The van der Waals surface area contributed by atoms with E-state index in [2.05, 4.69) is 19.2 Å². The van der Waals surface area contributed by atoms with Crippen molar-refractivity contribution in [3.05, 3.63) is 0 Å². The monoisotopic (exact) mass is 268 g/mol. The Morgan fingerprint density at radius 3 is 2.47 bits per heavy atom. The second kappa shape index (κ2) is 5.80. The second-order valence-electron chi connectivity index (χ2n) is 6.17. The lowest BCUT2D eigenvalue weighted by Crippen LogP contribution is -2.51. The van der Waals surface area contributed by atoms with Gasteiger partial charge in [0, 0.05) is 18.6 Å². The molecule has 0 bridgehead atoms. The predicted molar refractivity (Wildman–Crippen MR) is 71.9 cm³/mol. The average Bonchev–Trinajstić information content (AvgIpc) is 2.77. The molecule has 2 aliphatic rings. The lowest BCUT2D eigenvalue weighted by molar-refractivity contribution is -0.141. The molecule has 1 saturated carbocycles. The van der Waals surface area contributed by atoms with E-state index in [-0.39, 0.29) is 24.0 Å². The molecule has 1 saturated heterocycles. The molecule has 0 aromatic rings. The minimum Gasteiger partial charge on any atom is -0.481 e. The summed E-state index contributed by atoms with van der Waals surface area (Å²) in [5.41, 5.74) is 0. The number of rotatable bonds is 2. The van der Waals surface area contributed by atoms with Gasteiger partial charge in [0.25, 0.3) is 0 Å². The van der Waals surface area contributed by atoms with Crippen molar-refractivity contribution in [2.75, 3.05) is 6.54 Å². The molecule has 2 rings (SSSR count). The average molecular weight is 268 g/mol. The summed E-state index contributed by atoms with van der Waals surface area (Å²) >= 11 is 0. The lowest BCUT2D eigenvalue weighted by Gasteiger charge is -2.37. The fourth-order valence-corrected chi connectivity index (χ4v) is 3.30. The van der Waals surface area contributed by atoms with Crippen molar-refractivity contribution in [3.63, 3.8) is 0 Å². The van der Waals surface area contributed by atoms with Gasteiger partial charge in [0.2, 0.25) is 0 Å². The lowest BCUT2D eigenvalue weighted by atomic mass is 9.94. The summed E-state index contributed by atoms with van der Waals surface area (Å²) < 4.78 is 0. The van der Waals surface area contributed by atoms with Crippen molar-refractivity contribution in [2.24, 2.45) is 11.8 Å². The summed E-state index contributed by atoms with van der Waals surface area (Å²) in [7, 11) is 0. The number of carbonyl (C=O) groups excluding carboxylic acids is 1. The maximum absolute atomic E-state index is 12.2. The molecule has 19 heavy (non-hydrogen) atoms. The minimum absolute atomic E-state index is 0.0181. The highest BCUT2D eigenvalue weighted by atomic mass is 16.4.